The number of pyridine rings is 1. The van der Waals surface area contributed by atoms with Gasteiger partial charge in [0.25, 0.3) is 0 Å². The molecule has 0 aliphatic heterocycles. The second-order valence-electron chi connectivity index (χ2n) is 3.48. The van der Waals surface area contributed by atoms with Gasteiger partial charge in [-0.05, 0) is 18.2 Å². The summed E-state index contributed by atoms with van der Waals surface area (Å²) in [5.41, 5.74) is 0.701. The predicted molar refractivity (Wildman–Crippen MR) is 68.1 cm³/mol. The minimum Gasteiger partial charge on any atom is -0.220 e. The highest BCUT2D eigenvalue weighted by Crippen LogP contribution is 2.10. The Bertz CT molecular complexity index is 552. The smallest absolute Gasteiger partial charge is 0.213 e. The molecule has 0 fully saturated rings. The van der Waals surface area contributed by atoms with E-state index in [2.05, 4.69) is 4.98 Å². The maximum Gasteiger partial charge on any atom is 0.213 e. The highest BCUT2D eigenvalue weighted by Gasteiger charge is 1.93. The summed E-state index contributed by atoms with van der Waals surface area (Å²) in [6, 6.07) is 22.5. The van der Waals surface area contributed by atoms with Crippen LogP contribution in [0.15, 0.2) is 72.8 Å². The second kappa shape index (κ2) is 5.75. The molecule has 17 heavy (non-hydrogen) atoms. The van der Waals surface area contributed by atoms with E-state index in [1.165, 1.54) is 6.07 Å². The average Bonchev–Trinajstić information content (AvgIpc) is 2.41. The van der Waals surface area contributed by atoms with E-state index < -0.39 is 5.95 Å². The van der Waals surface area contributed by atoms with E-state index in [1.807, 2.05) is 54.6 Å². The Hall–Kier alpha value is -2.22. The Morgan fingerprint density at radius 2 is 1.24 bits per heavy atom. The molecule has 0 N–H and O–H groups in total. The second-order valence-corrected chi connectivity index (χ2v) is 3.48. The fourth-order valence-corrected chi connectivity index (χ4v) is 1.43. The lowest BCUT2D eigenvalue weighted by atomic mass is 10.2. The normalized spacial score (nSPS) is 9.47. The van der Waals surface area contributed by atoms with Crippen molar-refractivity contribution in [1.82, 2.24) is 4.98 Å². The molecule has 1 nitrogen and oxygen atoms in total. The number of hydrogen-bond acceptors (Lipinski definition) is 1. The topological polar surface area (TPSA) is 12.9 Å². The van der Waals surface area contributed by atoms with Gasteiger partial charge in [-0.2, -0.15) is 4.39 Å². The van der Waals surface area contributed by atoms with Gasteiger partial charge in [-0.1, -0.05) is 54.6 Å². The quantitative estimate of drug-likeness (QED) is 0.526. The Kier molecular flexibility index (Phi) is 3.81. The number of aromatic nitrogens is 1. The summed E-state index contributed by atoms with van der Waals surface area (Å²) in [6.07, 6.45) is 0. The predicted octanol–water partition coefficient (Wildman–Crippen LogP) is 4.06. The summed E-state index contributed by atoms with van der Waals surface area (Å²) in [6.45, 7) is 0. The van der Waals surface area contributed by atoms with Crippen LogP contribution in [0.2, 0.25) is 0 Å². The van der Waals surface area contributed by atoms with E-state index in [0.29, 0.717) is 5.52 Å². The molecule has 1 heterocycles. The first-order valence-electron chi connectivity index (χ1n) is 5.37. The van der Waals surface area contributed by atoms with Crippen molar-refractivity contribution in [3.63, 3.8) is 0 Å². The summed E-state index contributed by atoms with van der Waals surface area (Å²) >= 11 is 0. The van der Waals surface area contributed by atoms with E-state index in [-0.39, 0.29) is 0 Å². The van der Waals surface area contributed by atoms with Gasteiger partial charge in [-0.3, -0.25) is 0 Å². The first-order valence-corrected chi connectivity index (χ1v) is 5.37. The summed E-state index contributed by atoms with van der Waals surface area (Å²) in [5, 5.41) is 0.967. The molecule has 0 bridgehead atoms. The van der Waals surface area contributed by atoms with E-state index in [1.54, 1.807) is 12.1 Å². The Labute approximate surface area is 99.6 Å². The fraction of sp³-hybridized carbons (Fsp3) is 0. The van der Waals surface area contributed by atoms with Gasteiger partial charge in [-0.25, -0.2) is 4.98 Å². The van der Waals surface area contributed by atoms with Crippen LogP contribution in [0.1, 0.15) is 0 Å². The van der Waals surface area contributed by atoms with Gasteiger partial charge in [0, 0.05) is 5.39 Å². The number of fused-ring (bicyclic) bond motifs is 1. The molecule has 0 spiro atoms. The van der Waals surface area contributed by atoms with Crippen molar-refractivity contribution in [2.24, 2.45) is 0 Å². The Balaban J connectivity index is 0.000000153. The van der Waals surface area contributed by atoms with E-state index >= 15 is 0 Å². The molecule has 0 radical (unpaired) electrons. The molecule has 2 aromatic carbocycles. The average molecular weight is 225 g/mol. The van der Waals surface area contributed by atoms with Gasteiger partial charge >= 0.3 is 0 Å². The monoisotopic (exact) mass is 225 g/mol. The van der Waals surface area contributed by atoms with Crippen LogP contribution < -0.4 is 0 Å². The molecular weight excluding hydrogens is 213 g/mol. The number of hydrogen-bond donors (Lipinski definition) is 0. The van der Waals surface area contributed by atoms with Crippen molar-refractivity contribution in [3.05, 3.63) is 78.7 Å². The van der Waals surface area contributed by atoms with Gasteiger partial charge in [0.05, 0.1) is 5.52 Å². The summed E-state index contributed by atoms with van der Waals surface area (Å²) in [4.78, 5) is 3.71. The molecule has 0 saturated heterocycles. The maximum absolute atomic E-state index is 12.5. The highest BCUT2D eigenvalue weighted by atomic mass is 19.1. The van der Waals surface area contributed by atoms with Crippen molar-refractivity contribution >= 4 is 10.9 Å². The van der Waals surface area contributed by atoms with Gasteiger partial charge in [-0.15, -0.1) is 0 Å². The van der Waals surface area contributed by atoms with Gasteiger partial charge < -0.3 is 0 Å². The number of halogens is 1. The summed E-state index contributed by atoms with van der Waals surface area (Å²) < 4.78 is 12.5. The largest absolute Gasteiger partial charge is 0.220 e. The molecule has 0 amide bonds. The minimum atomic E-state index is -0.427. The molecule has 3 rings (SSSR count). The Morgan fingerprint density at radius 1 is 0.647 bits per heavy atom. The molecule has 84 valence electrons. The summed E-state index contributed by atoms with van der Waals surface area (Å²) in [5.74, 6) is -0.427. The third-order valence-corrected chi connectivity index (χ3v) is 2.23. The van der Waals surface area contributed by atoms with Gasteiger partial charge in [0.1, 0.15) is 0 Å². The molecule has 0 atom stereocenters. The zero-order valence-electron chi connectivity index (χ0n) is 9.25. The molecule has 0 aliphatic rings. The van der Waals surface area contributed by atoms with Crippen LogP contribution >= 0.6 is 0 Å². The lowest BCUT2D eigenvalue weighted by Gasteiger charge is -1.93. The molecule has 2 heteroatoms. The van der Waals surface area contributed by atoms with Crippen LogP contribution in [-0.4, -0.2) is 4.98 Å². The number of rotatable bonds is 0. The van der Waals surface area contributed by atoms with Crippen molar-refractivity contribution in [1.29, 1.82) is 0 Å². The molecule has 3 aromatic rings. The molecule has 0 aliphatic carbocycles. The zero-order chi connectivity index (χ0) is 11.9. The van der Waals surface area contributed by atoms with Gasteiger partial charge in [0.15, 0.2) is 0 Å². The standard InChI is InChI=1S/C9H6FN.C6H6/c10-9-6-5-7-3-1-2-4-8(7)11-9;1-2-4-6-5-3-1/h1-6H;1-6H. The Morgan fingerprint density at radius 3 is 1.88 bits per heavy atom. The van der Waals surface area contributed by atoms with Crippen molar-refractivity contribution in [2.45, 2.75) is 0 Å². The molecule has 0 saturated carbocycles. The number of nitrogens with zero attached hydrogens (tertiary/aromatic N) is 1. The summed E-state index contributed by atoms with van der Waals surface area (Å²) in [7, 11) is 0. The lowest BCUT2D eigenvalue weighted by molar-refractivity contribution is 0.589. The van der Waals surface area contributed by atoms with Crippen LogP contribution in [0.25, 0.3) is 10.9 Å². The zero-order valence-corrected chi connectivity index (χ0v) is 9.25. The van der Waals surface area contributed by atoms with Crippen molar-refractivity contribution in [2.75, 3.05) is 0 Å². The first kappa shape index (κ1) is 11.3. The van der Waals surface area contributed by atoms with Crippen LogP contribution in [0.4, 0.5) is 4.39 Å². The number of para-hydroxylation sites is 1. The van der Waals surface area contributed by atoms with Crippen LogP contribution in [0, 0.1) is 5.95 Å². The van der Waals surface area contributed by atoms with E-state index in [9.17, 15) is 4.39 Å². The van der Waals surface area contributed by atoms with Crippen LogP contribution in [0.5, 0.6) is 0 Å². The molecular formula is C15H12FN. The maximum atomic E-state index is 12.5. The van der Waals surface area contributed by atoms with Crippen molar-refractivity contribution < 1.29 is 4.39 Å². The fourth-order valence-electron chi connectivity index (χ4n) is 1.43. The lowest BCUT2D eigenvalue weighted by Crippen LogP contribution is -1.81. The number of benzene rings is 2. The minimum absolute atomic E-state index is 0.427. The highest BCUT2D eigenvalue weighted by molar-refractivity contribution is 5.77. The van der Waals surface area contributed by atoms with E-state index in [4.69, 9.17) is 0 Å². The van der Waals surface area contributed by atoms with Gasteiger partial charge in [0.2, 0.25) is 5.95 Å². The molecule has 1 aromatic heterocycles. The third kappa shape index (κ3) is 3.38. The third-order valence-electron chi connectivity index (χ3n) is 2.23. The van der Waals surface area contributed by atoms with Crippen LogP contribution in [0.3, 0.4) is 0 Å². The van der Waals surface area contributed by atoms with E-state index in [0.717, 1.165) is 5.39 Å². The SMILES string of the molecule is Fc1ccc2ccccc2n1.c1ccccc1. The molecule has 0 unspecified atom stereocenters. The van der Waals surface area contributed by atoms with Crippen LogP contribution in [-0.2, 0) is 0 Å². The van der Waals surface area contributed by atoms with Crippen molar-refractivity contribution in [3.8, 4) is 0 Å². The first-order chi connectivity index (χ1) is 8.36.